The van der Waals surface area contributed by atoms with E-state index in [4.69, 9.17) is 5.73 Å². The number of carbonyl (C=O) groups is 1. The van der Waals surface area contributed by atoms with Gasteiger partial charge in [-0.25, -0.2) is 4.99 Å². The Morgan fingerprint density at radius 2 is 2.05 bits per heavy atom. The van der Waals surface area contributed by atoms with Gasteiger partial charge < -0.3 is 16.0 Å². The second kappa shape index (κ2) is 7.80. The van der Waals surface area contributed by atoms with E-state index in [0.717, 1.165) is 24.1 Å². The summed E-state index contributed by atoms with van der Waals surface area (Å²) >= 11 is 0. The van der Waals surface area contributed by atoms with Gasteiger partial charge in [0, 0.05) is 25.6 Å². The summed E-state index contributed by atoms with van der Waals surface area (Å²) < 4.78 is 0. The molecule has 1 saturated carbocycles. The Labute approximate surface area is 148 Å². The van der Waals surface area contributed by atoms with Crippen LogP contribution in [-0.2, 0) is 17.9 Å². The van der Waals surface area contributed by atoms with Crippen LogP contribution in [0, 0.1) is 0 Å². The molecule has 0 unspecified atom stereocenters. The van der Waals surface area contributed by atoms with E-state index < -0.39 is 0 Å². The number of rotatable bonds is 5. The number of carbonyl (C=O) groups excluding carboxylic acids is 1. The average molecular weight is 414 g/mol. The monoisotopic (exact) mass is 414 g/mol. The lowest BCUT2D eigenvalue weighted by Gasteiger charge is -2.17. The minimum atomic E-state index is 0. The summed E-state index contributed by atoms with van der Waals surface area (Å²) in [6.07, 6.45) is 4.02. The van der Waals surface area contributed by atoms with E-state index in [-0.39, 0.29) is 29.9 Å². The van der Waals surface area contributed by atoms with Crippen LogP contribution in [0.2, 0.25) is 0 Å². The topological polar surface area (TPSA) is 70.7 Å². The number of likely N-dealkylation sites (tertiary alicyclic amines) is 1. The summed E-state index contributed by atoms with van der Waals surface area (Å²) in [5, 5.41) is 3.19. The zero-order valence-corrected chi connectivity index (χ0v) is 15.0. The second-order valence-corrected chi connectivity index (χ2v) is 5.81. The summed E-state index contributed by atoms with van der Waals surface area (Å²) in [6, 6.07) is 8.66. The summed E-state index contributed by atoms with van der Waals surface area (Å²) in [6.45, 7) is 2.10. The van der Waals surface area contributed by atoms with Gasteiger partial charge in [0.05, 0.1) is 6.54 Å². The van der Waals surface area contributed by atoms with E-state index >= 15 is 0 Å². The number of amides is 1. The van der Waals surface area contributed by atoms with Crippen LogP contribution in [-0.4, -0.2) is 29.4 Å². The average Bonchev–Trinajstić information content (AvgIpc) is 3.20. The van der Waals surface area contributed by atoms with Gasteiger partial charge >= 0.3 is 0 Å². The smallest absolute Gasteiger partial charge is 0.222 e. The summed E-state index contributed by atoms with van der Waals surface area (Å²) in [5.74, 6) is 0.771. The maximum Gasteiger partial charge on any atom is 0.222 e. The third kappa shape index (κ3) is 4.59. The Balaban J connectivity index is 0.00000176. The zero-order chi connectivity index (χ0) is 14.7. The molecule has 22 heavy (non-hydrogen) atoms. The zero-order valence-electron chi connectivity index (χ0n) is 12.6. The van der Waals surface area contributed by atoms with Gasteiger partial charge in [0.1, 0.15) is 0 Å². The van der Waals surface area contributed by atoms with Crippen molar-refractivity contribution in [1.82, 2.24) is 10.2 Å². The number of halogens is 1. The van der Waals surface area contributed by atoms with Crippen LogP contribution in [0.3, 0.4) is 0 Å². The fraction of sp³-hybridized carbons (Fsp3) is 0.500. The van der Waals surface area contributed by atoms with Crippen molar-refractivity contribution in [2.24, 2.45) is 10.7 Å². The number of guanidine groups is 1. The number of aliphatic imine (C=N–C) groups is 1. The fourth-order valence-electron chi connectivity index (χ4n) is 2.60. The second-order valence-electron chi connectivity index (χ2n) is 5.81. The van der Waals surface area contributed by atoms with Crippen molar-refractivity contribution in [3.8, 4) is 0 Å². The number of nitrogens with one attached hydrogen (secondary N) is 1. The third-order valence-electron chi connectivity index (χ3n) is 4.00. The minimum absolute atomic E-state index is 0. The van der Waals surface area contributed by atoms with Gasteiger partial charge in [-0.2, -0.15) is 0 Å². The Bertz CT molecular complexity index is 557. The van der Waals surface area contributed by atoms with Gasteiger partial charge in [0.2, 0.25) is 5.91 Å². The first-order chi connectivity index (χ1) is 10.2. The fourth-order valence-corrected chi connectivity index (χ4v) is 2.60. The first-order valence-corrected chi connectivity index (χ1v) is 7.63. The summed E-state index contributed by atoms with van der Waals surface area (Å²) in [7, 11) is 0. The SMILES string of the molecule is I.NC(=NCc1ccccc1CN1CCCC1=O)NC1CC1. The molecule has 1 aromatic carbocycles. The van der Waals surface area contributed by atoms with Gasteiger partial charge in [-0.15, -0.1) is 24.0 Å². The number of nitrogens with two attached hydrogens (primary N) is 1. The molecule has 0 radical (unpaired) electrons. The van der Waals surface area contributed by atoms with Crippen molar-refractivity contribution in [3.63, 3.8) is 0 Å². The Morgan fingerprint density at radius 1 is 1.32 bits per heavy atom. The molecule has 0 bridgehead atoms. The molecule has 2 fully saturated rings. The Hall–Kier alpha value is -1.31. The highest BCUT2D eigenvalue weighted by atomic mass is 127. The Kier molecular flexibility index (Phi) is 6.05. The molecule has 1 amide bonds. The maximum absolute atomic E-state index is 11.8. The molecular formula is C16H23IN4O. The molecule has 2 aliphatic rings. The molecule has 1 saturated heterocycles. The maximum atomic E-state index is 11.8. The van der Waals surface area contributed by atoms with Crippen LogP contribution in [0.4, 0.5) is 0 Å². The summed E-state index contributed by atoms with van der Waals surface area (Å²) in [5.41, 5.74) is 8.17. The van der Waals surface area contributed by atoms with Crippen molar-refractivity contribution in [2.75, 3.05) is 6.54 Å². The van der Waals surface area contributed by atoms with Crippen molar-refractivity contribution < 1.29 is 4.79 Å². The lowest BCUT2D eigenvalue weighted by Crippen LogP contribution is -2.33. The quantitative estimate of drug-likeness (QED) is 0.440. The van der Waals surface area contributed by atoms with E-state index in [9.17, 15) is 4.79 Å². The van der Waals surface area contributed by atoms with Crippen molar-refractivity contribution in [2.45, 2.75) is 44.8 Å². The van der Waals surface area contributed by atoms with Gasteiger partial charge in [0.25, 0.3) is 0 Å². The lowest BCUT2D eigenvalue weighted by molar-refractivity contribution is -0.128. The molecule has 1 heterocycles. The molecule has 0 spiro atoms. The highest BCUT2D eigenvalue weighted by molar-refractivity contribution is 14.0. The van der Waals surface area contributed by atoms with Crippen LogP contribution >= 0.6 is 24.0 Å². The van der Waals surface area contributed by atoms with Crippen LogP contribution in [0.1, 0.15) is 36.8 Å². The van der Waals surface area contributed by atoms with Crippen LogP contribution in [0.15, 0.2) is 29.3 Å². The van der Waals surface area contributed by atoms with Gasteiger partial charge in [-0.3, -0.25) is 4.79 Å². The third-order valence-corrected chi connectivity index (χ3v) is 4.00. The molecule has 0 atom stereocenters. The largest absolute Gasteiger partial charge is 0.370 e. The van der Waals surface area contributed by atoms with Crippen LogP contribution in [0.5, 0.6) is 0 Å². The predicted octanol–water partition coefficient (Wildman–Crippen LogP) is 1.99. The molecule has 6 heteroatoms. The molecule has 1 aromatic rings. The highest BCUT2D eigenvalue weighted by Crippen LogP contribution is 2.19. The first kappa shape index (κ1) is 17.1. The Morgan fingerprint density at radius 3 is 2.68 bits per heavy atom. The number of hydrogen-bond acceptors (Lipinski definition) is 2. The van der Waals surface area contributed by atoms with Gasteiger partial charge in [-0.05, 0) is 30.4 Å². The van der Waals surface area contributed by atoms with Gasteiger partial charge in [-0.1, -0.05) is 24.3 Å². The molecule has 120 valence electrons. The number of benzene rings is 1. The predicted molar refractivity (Wildman–Crippen MR) is 98.0 cm³/mol. The number of nitrogens with zero attached hydrogens (tertiary/aromatic N) is 2. The van der Waals surface area contributed by atoms with Crippen molar-refractivity contribution in [3.05, 3.63) is 35.4 Å². The van der Waals surface area contributed by atoms with E-state index in [1.807, 2.05) is 17.0 Å². The van der Waals surface area contributed by atoms with Gasteiger partial charge in [0.15, 0.2) is 5.96 Å². The van der Waals surface area contributed by atoms with E-state index in [1.165, 1.54) is 12.8 Å². The molecule has 5 nitrogen and oxygen atoms in total. The molecule has 3 N–H and O–H groups in total. The van der Waals surface area contributed by atoms with E-state index in [1.54, 1.807) is 0 Å². The molecule has 0 aromatic heterocycles. The number of hydrogen-bond donors (Lipinski definition) is 2. The molecular weight excluding hydrogens is 391 g/mol. The van der Waals surface area contributed by atoms with Crippen molar-refractivity contribution in [1.29, 1.82) is 0 Å². The van der Waals surface area contributed by atoms with Crippen LogP contribution < -0.4 is 11.1 Å². The standard InChI is InChI=1S/C16H22N4O.HI/c17-16(19-14-7-8-14)18-10-12-4-1-2-5-13(12)11-20-9-3-6-15(20)21;/h1-2,4-5,14H,3,6-11H2,(H3,17,18,19);1H. The highest BCUT2D eigenvalue weighted by Gasteiger charge is 2.22. The first-order valence-electron chi connectivity index (χ1n) is 7.63. The van der Waals surface area contributed by atoms with Crippen molar-refractivity contribution >= 4 is 35.8 Å². The van der Waals surface area contributed by atoms with E-state index in [2.05, 4.69) is 22.4 Å². The van der Waals surface area contributed by atoms with E-state index in [0.29, 0.717) is 31.5 Å². The lowest BCUT2D eigenvalue weighted by atomic mass is 10.1. The molecule has 1 aliphatic heterocycles. The summed E-state index contributed by atoms with van der Waals surface area (Å²) in [4.78, 5) is 18.1. The normalized spacial score (nSPS) is 18.3. The minimum Gasteiger partial charge on any atom is -0.370 e. The molecule has 3 rings (SSSR count). The molecule has 1 aliphatic carbocycles. The van der Waals surface area contributed by atoms with Crippen LogP contribution in [0.25, 0.3) is 0 Å².